The van der Waals surface area contributed by atoms with Gasteiger partial charge in [-0.15, -0.1) is 10.2 Å². The minimum absolute atomic E-state index is 0.0218. The molecule has 0 aliphatic rings. The first-order valence-corrected chi connectivity index (χ1v) is 7.66. The van der Waals surface area contributed by atoms with Crippen LogP contribution in [0.5, 0.6) is 0 Å². The molecule has 20 heavy (non-hydrogen) atoms. The lowest BCUT2D eigenvalue weighted by molar-refractivity contribution is -0.133. The number of carboxylic acid groups (broad SMARTS) is 1. The van der Waals surface area contributed by atoms with Crippen LogP contribution in [0.4, 0.5) is 0 Å². The molecule has 114 valence electrons. The van der Waals surface area contributed by atoms with E-state index in [9.17, 15) is 4.79 Å². The maximum absolute atomic E-state index is 10.7. The van der Waals surface area contributed by atoms with Crippen LogP contribution < -0.4 is 0 Å². The van der Waals surface area contributed by atoms with Crippen molar-refractivity contribution in [3.05, 3.63) is 5.82 Å². The van der Waals surface area contributed by atoms with E-state index in [2.05, 4.69) is 24.0 Å². The molecule has 0 aromatic carbocycles. The number of methoxy groups -OCH3 is 1. The Labute approximate surface area is 123 Å². The van der Waals surface area contributed by atoms with E-state index in [0.29, 0.717) is 11.1 Å². The van der Waals surface area contributed by atoms with Gasteiger partial charge in [0.15, 0.2) is 11.0 Å². The minimum Gasteiger partial charge on any atom is -0.481 e. The third kappa shape index (κ3) is 3.96. The lowest BCUT2D eigenvalue weighted by atomic mass is 10.0. The van der Waals surface area contributed by atoms with E-state index < -0.39 is 11.6 Å². The van der Waals surface area contributed by atoms with Gasteiger partial charge in [0.25, 0.3) is 0 Å². The van der Waals surface area contributed by atoms with E-state index in [-0.39, 0.29) is 5.75 Å². The molecular formula is C13H23N3O3S. The molecule has 0 spiro atoms. The Morgan fingerprint density at radius 2 is 2.15 bits per heavy atom. The quantitative estimate of drug-likeness (QED) is 0.743. The summed E-state index contributed by atoms with van der Waals surface area (Å²) in [5.74, 6) is 0.281. The third-order valence-corrected chi connectivity index (χ3v) is 4.14. The van der Waals surface area contributed by atoms with Gasteiger partial charge in [-0.1, -0.05) is 32.5 Å². The van der Waals surface area contributed by atoms with Crippen molar-refractivity contribution in [3.63, 3.8) is 0 Å². The molecule has 0 aliphatic carbocycles. The molecule has 6 nitrogen and oxygen atoms in total. The number of ether oxygens (including phenoxy) is 1. The first kappa shape index (κ1) is 17.0. The van der Waals surface area contributed by atoms with E-state index in [1.807, 2.05) is 18.4 Å². The Bertz CT molecular complexity index is 456. The fourth-order valence-electron chi connectivity index (χ4n) is 1.84. The highest BCUT2D eigenvalue weighted by Gasteiger charge is 2.32. The number of carbonyl (C=O) groups is 1. The van der Waals surface area contributed by atoms with Gasteiger partial charge in [0.1, 0.15) is 5.60 Å². The number of aliphatic carboxylic acids is 1. The summed E-state index contributed by atoms with van der Waals surface area (Å²) >= 11 is 1.19. The van der Waals surface area contributed by atoms with Gasteiger partial charge >= 0.3 is 5.97 Å². The van der Waals surface area contributed by atoms with E-state index in [0.717, 1.165) is 18.8 Å². The van der Waals surface area contributed by atoms with E-state index in [1.54, 1.807) is 7.11 Å². The van der Waals surface area contributed by atoms with Gasteiger partial charge in [0, 0.05) is 13.7 Å². The second-order valence-corrected chi connectivity index (χ2v) is 6.22. The summed E-state index contributed by atoms with van der Waals surface area (Å²) in [5, 5.41) is 17.8. The molecule has 0 radical (unpaired) electrons. The van der Waals surface area contributed by atoms with Gasteiger partial charge in [0.2, 0.25) is 0 Å². The molecule has 1 aromatic heterocycles. The molecule has 1 unspecified atom stereocenters. The van der Waals surface area contributed by atoms with E-state index in [1.165, 1.54) is 11.8 Å². The van der Waals surface area contributed by atoms with Crippen molar-refractivity contribution in [2.24, 2.45) is 5.92 Å². The van der Waals surface area contributed by atoms with Crippen molar-refractivity contribution in [1.82, 2.24) is 14.8 Å². The fraction of sp³-hybridized carbons (Fsp3) is 0.769. The first-order valence-electron chi connectivity index (χ1n) is 6.67. The van der Waals surface area contributed by atoms with Gasteiger partial charge in [-0.25, -0.2) is 0 Å². The number of carboxylic acids is 1. The zero-order valence-electron chi connectivity index (χ0n) is 12.7. The molecular weight excluding hydrogens is 278 g/mol. The number of hydrogen-bond donors (Lipinski definition) is 1. The molecule has 1 atom stereocenters. The lowest BCUT2D eigenvalue weighted by Gasteiger charge is -2.27. The van der Waals surface area contributed by atoms with E-state index >= 15 is 0 Å². The predicted molar refractivity (Wildman–Crippen MR) is 77.9 cm³/mol. The van der Waals surface area contributed by atoms with Gasteiger partial charge < -0.3 is 14.4 Å². The summed E-state index contributed by atoms with van der Waals surface area (Å²) in [6.07, 6.45) is 0.767. The largest absolute Gasteiger partial charge is 0.481 e. The molecule has 1 rings (SSSR count). The SMILES string of the molecule is CCC(C)(OC)c1nnc(SCC(=O)O)n1CC(C)C. The van der Waals surface area contributed by atoms with Crippen LogP contribution in [-0.2, 0) is 21.7 Å². The molecule has 0 saturated heterocycles. The van der Waals surface area contributed by atoms with Crippen molar-refractivity contribution >= 4 is 17.7 Å². The third-order valence-electron chi connectivity index (χ3n) is 3.19. The van der Waals surface area contributed by atoms with Crippen molar-refractivity contribution in [2.75, 3.05) is 12.9 Å². The second-order valence-electron chi connectivity index (χ2n) is 5.28. The Morgan fingerprint density at radius 1 is 1.50 bits per heavy atom. The van der Waals surface area contributed by atoms with Crippen LogP contribution in [0.15, 0.2) is 5.16 Å². The summed E-state index contributed by atoms with van der Waals surface area (Å²) in [6.45, 7) is 8.95. The normalized spacial score (nSPS) is 14.5. The van der Waals surface area contributed by atoms with Crippen LogP contribution in [0.3, 0.4) is 0 Å². The maximum atomic E-state index is 10.7. The average molecular weight is 301 g/mol. The topological polar surface area (TPSA) is 77.2 Å². The number of aromatic nitrogens is 3. The van der Waals surface area contributed by atoms with Crippen molar-refractivity contribution in [1.29, 1.82) is 0 Å². The Balaban J connectivity index is 3.14. The van der Waals surface area contributed by atoms with Crippen molar-refractivity contribution < 1.29 is 14.6 Å². The van der Waals surface area contributed by atoms with Crippen LogP contribution in [0.2, 0.25) is 0 Å². The maximum Gasteiger partial charge on any atom is 0.313 e. The zero-order chi connectivity index (χ0) is 15.3. The summed E-state index contributed by atoms with van der Waals surface area (Å²) < 4.78 is 7.56. The Hall–Kier alpha value is -1.08. The Kier molecular flexibility index (Phi) is 6.01. The highest BCUT2D eigenvalue weighted by molar-refractivity contribution is 7.99. The number of nitrogens with zero attached hydrogens (tertiary/aromatic N) is 3. The molecule has 1 N–H and O–H groups in total. The summed E-state index contributed by atoms with van der Waals surface area (Å²) in [7, 11) is 1.65. The summed E-state index contributed by atoms with van der Waals surface area (Å²) in [5.41, 5.74) is -0.510. The molecule has 1 heterocycles. The standard InChI is InChI=1S/C13H23N3O3S/c1-6-13(4,19-5)11-14-15-12(20-8-10(17)18)16(11)7-9(2)3/h9H,6-8H2,1-5H3,(H,17,18). The summed E-state index contributed by atoms with van der Waals surface area (Å²) in [4.78, 5) is 10.7. The molecule has 7 heteroatoms. The van der Waals surface area contributed by atoms with Crippen LogP contribution in [0.1, 0.15) is 39.9 Å². The highest BCUT2D eigenvalue weighted by Crippen LogP contribution is 2.30. The molecule has 0 aliphatic heterocycles. The summed E-state index contributed by atoms with van der Waals surface area (Å²) in [6, 6.07) is 0. The molecule has 0 saturated carbocycles. The second kappa shape index (κ2) is 7.08. The predicted octanol–water partition coefficient (Wildman–Crippen LogP) is 2.38. The van der Waals surface area contributed by atoms with Crippen LogP contribution >= 0.6 is 11.8 Å². The van der Waals surface area contributed by atoms with Gasteiger partial charge in [-0.05, 0) is 19.3 Å². The number of thioether (sulfide) groups is 1. The van der Waals surface area contributed by atoms with Crippen LogP contribution in [0, 0.1) is 5.92 Å². The lowest BCUT2D eigenvalue weighted by Crippen LogP contribution is -2.29. The van der Waals surface area contributed by atoms with Crippen LogP contribution in [0.25, 0.3) is 0 Å². The molecule has 1 aromatic rings. The van der Waals surface area contributed by atoms with Gasteiger partial charge in [0.05, 0.1) is 5.75 Å². The van der Waals surface area contributed by atoms with Gasteiger partial charge in [-0.2, -0.15) is 0 Å². The minimum atomic E-state index is -0.861. The monoisotopic (exact) mass is 301 g/mol. The van der Waals surface area contributed by atoms with Crippen LogP contribution in [-0.4, -0.2) is 38.7 Å². The smallest absolute Gasteiger partial charge is 0.313 e. The average Bonchev–Trinajstić information content (AvgIpc) is 2.78. The van der Waals surface area contributed by atoms with E-state index in [4.69, 9.17) is 9.84 Å². The highest BCUT2D eigenvalue weighted by atomic mass is 32.2. The first-order chi connectivity index (χ1) is 9.34. The molecule has 0 fully saturated rings. The van der Waals surface area contributed by atoms with Crippen molar-refractivity contribution in [2.45, 2.75) is 51.4 Å². The Morgan fingerprint density at radius 3 is 2.60 bits per heavy atom. The van der Waals surface area contributed by atoms with Crippen molar-refractivity contribution in [3.8, 4) is 0 Å². The molecule has 0 bridgehead atoms. The zero-order valence-corrected chi connectivity index (χ0v) is 13.5. The van der Waals surface area contributed by atoms with Gasteiger partial charge in [-0.3, -0.25) is 4.79 Å². The fourth-order valence-corrected chi connectivity index (χ4v) is 2.50. The number of hydrogen-bond acceptors (Lipinski definition) is 5. The number of rotatable bonds is 8. The molecule has 0 amide bonds.